The summed E-state index contributed by atoms with van der Waals surface area (Å²) in [6.07, 6.45) is 1.69. The molecule has 0 fully saturated rings. The van der Waals surface area contributed by atoms with Gasteiger partial charge in [0, 0.05) is 27.1 Å². The molecule has 0 aliphatic heterocycles. The van der Waals surface area contributed by atoms with Crippen LogP contribution in [-0.4, -0.2) is 14.8 Å². The summed E-state index contributed by atoms with van der Waals surface area (Å²) < 4.78 is 2.28. The Balaban J connectivity index is 2.29. The Morgan fingerprint density at radius 2 is 1.76 bits per heavy atom. The number of aromatic nitrogens is 1. The predicted octanol–water partition coefficient (Wildman–Crippen LogP) is 2.95. The van der Waals surface area contributed by atoms with E-state index in [1.807, 2.05) is 0 Å². The lowest BCUT2D eigenvalue weighted by molar-refractivity contribution is 0.282. The molecular formula is C16H12BrNO3. The molecule has 21 heavy (non-hydrogen) atoms. The highest BCUT2D eigenvalue weighted by molar-refractivity contribution is 9.10. The lowest BCUT2D eigenvalue weighted by Gasteiger charge is -2.10. The van der Waals surface area contributed by atoms with Crippen LogP contribution >= 0.6 is 15.9 Å². The maximum atomic E-state index is 12.6. The van der Waals surface area contributed by atoms with E-state index in [2.05, 4.69) is 15.9 Å². The monoisotopic (exact) mass is 345 g/mol. The molecule has 2 N–H and O–H groups in total. The van der Waals surface area contributed by atoms with Crippen LogP contribution in [-0.2, 0) is 6.61 Å². The van der Waals surface area contributed by atoms with E-state index in [0.29, 0.717) is 11.1 Å². The van der Waals surface area contributed by atoms with Gasteiger partial charge in [0.1, 0.15) is 5.75 Å². The molecular weight excluding hydrogens is 334 g/mol. The maximum absolute atomic E-state index is 12.6. The van der Waals surface area contributed by atoms with Crippen LogP contribution in [0.2, 0.25) is 0 Å². The summed E-state index contributed by atoms with van der Waals surface area (Å²) in [5.74, 6) is 0.152. The van der Waals surface area contributed by atoms with Crippen LogP contribution < -0.4 is 5.56 Å². The van der Waals surface area contributed by atoms with Gasteiger partial charge in [-0.25, -0.2) is 0 Å². The van der Waals surface area contributed by atoms with Gasteiger partial charge in [0.15, 0.2) is 0 Å². The maximum Gasteiger partial charge on any atom is 0.263 e. The van der Waals surface area contributed by atoms with E-state index in [0.717, 1.165) is 15.4 Å². The first kappa shape index (κ1) is 13.9. The molecule has 0 radical (unpaired) electrons. The Morgan fingerprint density at radius 3 is 2.43 bits per heavy atom. The first-order valence-corrected chi connectivity index (χ1v) is 7.13. The number of phenols is 1. The number of hydrogen-bond donors (Lipinski definition) is 2. The zero-order chi connectivity index (χ0) is 15.0. The summed E-state index contributed by atoms with van der Waals surface area (Å²) in [6, 6.07) is 11.7. The Bertz CT molecular complexity index is 869. The van der Waals surface area contributed by atoms with Gasteiger partial charge in [-0.15, -0.1) is 0 Å². The van der Waals surface area contributed by atoms with E-state index >= 15 is 0 Å². The Labute approximate surface area is 129 Å². The summed E-state index contributed by atoms with van der Waals surface area (Å²) in [5, 5.41) is 19.9. The smallest absolute Gasteiger partial charge is 0.263 e. The van der Waals surface area contributed by atoms with Crippen LogP contribution in [0.3, 0.4) is 0 Å². The topological polar surface area (TPSA) is 62.5 Å². The predicted molar refractivity (Wildman–Crippen MR) is 84.8 cm³/mol. The third-order valence-corrected chi connectivity index (χ3v) is 3.98. The van der Waals surface area contributed by atoms with Crippen LogP contribution in [0.25, 0.3) is 16.5 Å². The fraction of sp³-hybridized carbons (Fsp3) is 0.0625. The first-order chi connectivity index (χ1) is 10.1. The molecule has 1 aromatic heterocycles. The molecule has 0 bridgehead atoms. The van der Waals surface area contributed by atoms with Gasteiger partial charge in [-0.3, -0.25) is 9.36 Å². The average molecular weight is 346 g/mol. The van der Waals surface area contributed by atoms with E-state index in [1.54, 1.807) is 36.5 Å². The van der Waals surface area contributed by atoms with E-state index < -0.39 is 0 Å². The molecule has 5 heteroatoms. The van der Waals surface area contributed by atoms with Crippen LogP contribution in [0.1, 0.15) is 5.56 Å². The van der Waals surface area contributed by atoms with Gasteiger partial charge in [-0.05, 0) is 57.9 Å². The van der Waals surface area contributed by atoms with Crippen molar-refractivity contribution >= 4 is 26.7 Å². The summed E-state index contributed by atoms with van der Waals surface area (Å²) in [6.45, 7) is -0.0660. The summed E-state index contributed by atoms with van der Waals surface area (Å²) in [4.78, 5) is 12.6. The van der Waals surface area contributed by atoms with Crippen molar-refractivity contribution in [3.05, 3.63) is 69.1 Å². The van der Waals surface area contributed by atoms with Gasteiger partial charge < -0.3 is 10.2 Å². The Hall–Kier alpha value is -2.11. The number of aromatic hydroxyl groups is 1. The number of benzene rings is 2. The van der Waals surface area contributed by atoms with Crippen LogP contribution in [0, 0.1) is 0 Å². The number of halogens is 1. The van der Waals surface area contributed by atoms with Crippen molar-refractivity contribution in [2.24, 2.45) is 0 Å². The van der Waals surface area contributed by atoms with Gasteiger partial charge >= 0.3 is 0 Å². The SMILES string of the molecule is O=c1c2ccc(CO)cc2c(Br)cn1-c1ccc(O)cc1. The standard InChI is InChI=1S/C16H12BrNO3/c17-15-8-18(11-2-4-12(20)5-3-11)16(21)13-6-1-10(9-19)7-14(13)15/h1-8,19-20H,9H2. The second-order valence-corrected chi connectivity index (χ2v) is 5.56. The van der Waals surface area contributed by atoms with Crippen LogP contribution in [0.5, 0.6) is 5.75 Å². The molecule has 106 valence electrons. The highest BCUT2D eigenvalue weighted by Crippen LogP contribution is 2.24. The van der Waals surface area contributed by atoms with E-state index in [9.17, 15) is 15.0 Å². The second kappa shape index (κ2) is 5.35. The minimum Gasteiger partial charge on any atom is -0.508 e. The van der Waals surface area contributed by atoms with E-state index in [-0.39, 0.29) is 17.9 Å². The zero-order valence-electron chi connectivity index (χ0n) is 11.0. The first-order valence-electron chi connectivity index (χ1n) is 6.34. The molecule has 1 heterocycles. The van der Waals surface area contributed by atoms with Gasteiger partial charge in [-0.2, -0.15) is 0 Å². The minimum atomic E-state index is -0.150. The van der Waals surface area contributed by atoms with Gasteiger partial charge in [-0.1, -0.05) is 6.07 Å². The molecule has 0 amide bonds. The molecule has 0 spiro atoms. The van der Waals surface area contributed by atoms with Gasteiger partial charge in [0.05, 0.1) is 6.61 Å². The second-order valence-electron chi connectivity index (χ2n) is 4.71. The zero-order valence-corrected chi connectivity index (χ0v) is 12.5. The van der Waals surface area contributed by atoms with Crippen molar-refractivity contribution in [1.82, 2.24) is 4.57 Å². The summed E-state index contributed by atoms with van der Waals surface area (Å²) in [7, 11) is 0. The number of rotatable bonds is 2. The Kier molecular flexibility index (Phi) is 3.53. The molecule has 4 nitrogen and oxygen atoms in total. The quantitative estimate of drug-likeness (QED) is 0.750. The normalized spacial score (nSPS) is 11.0. The molecule has 0 atom stereocenters. The molecule has 0 aliphatic carbocycles. The highest BCUT2D eigenvalue weighted by Gasteiger charge is 2.09. The lowest BCUT2D eigenvalue weighted by atomic mass is 10.1. The fourth-order valence-electron chi connectivity index (χ4n) is 2.25. The number of aliphatic hydroxyl groups is 1. The minimum absolute atomic E-state index is 0.0660. The van der Waals surface area contributed by atoms with Crippen molar-refractivity contribution in [2.75, 3.05) is 0 Å². The molecule has 0 saturated carbocycles. The fourth-order valence-corrected chi connectivity index (χ4v) is 2.78. The number of fused-ring (bicyclic) bond motifs is 1. The molecule has 2 aromatic carbocycles. The van der Waals surface area contributed by atoms with Crippen molar-refractivity contribution in [3.8, 4) is 11.4 Å². The van der Waals surface area contributed by atoms with E-state index in [1.165, 1.54) is 16.7 Å². The van der Waals surface area contributed by atoms with Crippen molar-refractivity contribution in [1.29, 1.82) is 0 Å². The Morgan fingerprint density at radius 1 is 1.05 bits per heavy atom. The molecule has 0 aliphatic rings. The highest BCUT2D eigenvalue weighted by atomic mass is 79.9. The molecule has 3 rings (SSSR count). The van der Waals surface area contributed by atoms with Crippen molar-refractivity contribution < 1.29 is 10.2 Å². The van der Waals surface area contributed by atoms with E-state index in [4.69, 9.17) is 0 Å². The van der Waals surface area contributed by atoms with Gasteiger partial charge in [0.25, 0.3) is 5.56 Å². The molecule has 0 saturated heterocycles. The number of pyridine rings is 1. The van der Waals surface area contributed by atoms with Crippen LogP contribution in [0.4, 0.5) is 0 Å². The van der Waals surface area contributed by atoms with Gasteiger partial charge in [0.2, 0.25) is 0 Å². The molecule has 3 aromatic rings. The van der Waals surface area contributed by atoms with Crippen molar-refractivity contribution in [2.45, 2.75) is 6.61 Å². The number of aliphatic hydroxyl groups excluding tert-OH is 1. The van der Waals surface area contributed by atoms with Crippen molar-refractivity contribution in [3.63, 3.8) is 0 Å². The summed E-state index contributed by atoms with van der Waals surface area (Å²) >= 11 is 3.47. The summed E-state index contributed by atoms with van der Waals surface area (Å²) in [5.41, 5.74) is 1.28. The molecule has 0 unspecified atom stereocenters. The largest absolute Gasteiger partial charge is 0.508 e. The number of phenolic OH excluding ortho intramolecular Hbond substituents is 1. The third kappa shape index (κ3) is 2.46. The average Bonchev–Trinajstić information content (AvgIpc) is 2.51. The number of hydrogen-bond acceptors (Lipinski definition) is 3. The van der Waals surface area contributed by atoms with Crippen LogP contribution in [0.15, 0.2) is 57.9 Å². The lowest BCUT2D eigenvalue weighted by Crippen LogP contribution is -2.18. The third-order valence-electron chi connectivity index (χ3n) is 3.34. The number of nitrogens with zero attached hydrogens (tertiary/aromatic N) is 1.